The SMILES string of the molecule is C/C(=C/N(C)C)c1cc(=S)nc[nH]1. The van der Waals surface area contributed by atoms with Crippen LogP contribution in [-0.2, 0) is 0 Å². The molecule has 4 heteroatoms. The fourth-order valence-electron chi connectivity index (χ4n) is 1.05. The summed E-state index contributed by atoms with van der Waals surface area (Å²) in [6.07, 6.45) is 3.64. The second-order valence-electron chi connectivity index (χ2n) is 3.07. The van der Waals surface area contributed by atoms with Gasteiger partial charge in [-0.3, -0.25) is 0 Å². The molecular formula is C9H13N3S. The van der Waals surface area contributed by atoms with Gasteiger partial charge in [-0.25, -0.2) is 4.98 Å². The monoisotopic (exact) mass is 195 g/mol. The molecule has 0 unspecified atom stereocenters. The first-order valence-electron chi connectivity index (χ1n) is 3.99. The van der Waals surface area contributed by atoms with Crippen LogP contribution in [0.25, 0.3) is 5.57 Å². The molecule has 0 saturated carbocycles. The second-order valence-corrected chi connectivity index (χ2v) is 3.49. The van der Waals surface area contributed by atoms with Crippen LogP contribution in [0.4, 0.5) is 0 Å². The molecule has 0 radical (unpaired) electrons. The Labute approximate surface area is 83.1 Å². The van der Waals surface area contributed by atoms with Gasteiger partial charge in [-0.1, -0.05) is 12.2 Å². The van der Waals surface area contributed by atoms with E-state index in [9.17, 15) is 0 Å². The Balaban J connectivity index is 3.02. The molecule has 0 aliphatic rings. The lowest BCUT2D eigenvalue weighted by Gasteiger charge is -2.07. The minimum absolute atomic E-state index is 0.611. The molecule has 0 aromatic carbocycles. The van der Waals surface area contributed by atoms with Gasteiger partial charge in [-0.15, -0.1) is 0 Å². The molecule has 3 nitrogen and oxygen atoms in total. The highest BCUT2D eigenvalue weighted by atomic mass is 32.1. The summed E-state index contributed by atoms with van der Waals surface area (Å²) in [5, 5.41) is 0. The van der Waals surface area contributed by atoms with E-state index in [1.807, 2.05) is 38.2 Å². The van der Waals surface area contributed by atoms with Crippen molar-refractivity contribution < 1.29 is 0 Å². The summed E-state index contributed by atoms with van der Waals surface area (Å²) in [6, 6.07) is 1.85. The van der Waals surface area contributed by atoms with Gasteiger partial charge in [-0.2, -0.15) is 0 Å². The molecular weight excluding hydrogens is 182 g/mol. The van der Waals surface area contributed by atoms with E-state index < -0.39 is 0 Å². The van der Waals surface area contributed by atoms with Gasteiger partial charge < -0.3 is 9.88 Å². The highest BCUT2D eigenvalue weighted by Gasteiger charge is 1.95. The number of aromatic nitrogens is 2. The van der Waals surface area contributed by atoms with E-state index in [0.29, 0.717) is 4.64 Å². The molecule has 0 fully saturated rings. The van der Waals surface area contributed by atoms with Gasteiger partial charge in [-0.05, 0) is 18.6 Å². The Morgan fingerprint density at radius 1 is 1.62 bits per heavy atom. The van der Waals surface area contributed by atoms with Gasteiger partial charge in [0.1, 0.15) is 4.64 Å². The van der Waals surface area contributed by atoms with Gasteiger partial charge in [0.05, 0.1) is 6.33 Å². The van der Waals surface area contributed by atoms with Crippen LogP contribution >= 0.6 is 12.2 Å². The Bertz CT molecular complexity index is 365. The molecule has 1 rings (SSSR count). The van der Waals surface area contributed by atoms with Crippen LogP contribution in [0.5, 0.6) is 0 Å². The number of hydrogen-bond donors (Lipinski definition) is 1. The van der Waals surface area contributed by atoms with Crippen LogP contribution in [0.3, 0.4) is 0 Å². The predicted molar refractivity (Wildman–Crippen MR) is 56.8 cm³/mol. The van der Waals surface area contributed by atoms with Crippen LogP contribution in [0.15, 0.2) is 18.6 Å². The van der Waals surface area contributed by atoms with Crippen molar-refractivity contribution in [1.29, 1.82) is 0 Å². The second kappa shape index (κ2) is 4.18. The molecule has 0 spiro atoms. The molecule has 1 heterocycles. The fraction of sp³-hybridized carbons (Fsp3) is 0.333. The molecule has 0 saturated heterocycles. The first-order chi connectivity index (χ1) is 6.09. The van der Waals surface area contributed by atoms with Crippen molar-refractivity contribution in [1.82, 2.24) is 14.9 Å². The summed E-state index contributed by atoms with van der Waals surface area (Å²) in [5.74, 6) is 0. The maximum absolute atomic E-state index is 4.96. The third-order valence-electron chi connectivity index (χ3n) is 1.56. The van der Waals surface area contributed by atoms with Crippen molar-refractivity contribution in [2.45, 2.75) is 6.92 Å². The van der Waals surface area contributed by atoms with Crippen LogP contribution in [0, 0.1) is 4.64 Å². The summed E-state index contributed by atoms with van der Waals surface area (Å²) in [4.78, 5) is 8.95. The lowest BCUT2D eigenvalue weighted by atomic mass is 10.2. The van der Waals surface area contributed by atoms with Gasteiger partial charge >= 0.3 is 0 Å². The van der Waals surface area contributed by atoms with Gasteiger partial charge in [0, 0.05) is 26.0 Å². The van der Waals surface area contributed by atoms with Gasteiger partial charge in [0.25, 0.3) is 0 Å². The van der Waals surface area contributed by atoms with Crippen molar-refractivity contribution in [3.05, 3.63) is 28.9 Å². The van der Waals surface area contributed by atoms with Crippen molar-refractivity contribution in [3.63, 3.8) is 0 Å². The highest BCUT2D eigenvalue weighted by molar-refractivity contribution is 7.71. The molecule has 0 aliphatic carbocycles. The quantitative estimate of drug-likeness (QED) is 0.733. The Kier molecular flexibility index (Phi) is 3.19. The summed E-state index contributed by atoms with van der Waals surface area (Å²) < 4.78 is 0.611. The van der Waals surface area contributed by atoms with Gasteiger partial charge in [0.2, 0.25) is 0 Å². The lowest BCUT2D eigenvalue weighted by Crippen LogP contribution is -2.02. The number of nitrogens with zero attached hydrogens (tertiary/aromatic N) is 2. The van der Waals surface area contributed by atoms with Crippen molar-refractivity contribution in [2.75, 3.05) is 14.1 Å². The predicted octanol–water partition coefficient (Wildman–Crippen LogP) is 2.06. The smallest absolute Gasteiger partial charge is 0.129 e. The zero-order valence-electron chi connectivity index (χ0n) is 8.03. The van der Waals surface area contributed by atoms with Crippen molar-refractivity contribution in [3.8, 4) is 0 Å². The summed E-state index contributed by atoms with van der Waals surface area (Å²) in [5.41, 5.74) is 2.15. The van der Waals surface area contributed by atoms with Crippen LogP contribution in [0.2, 0.25) is 0 Å². The Morgan fingerprint density at radius 3 is 2.85 bits per heavy atom. The third kappa shape index (κ3) is 2.99. The topological polar surface area (TPSA) is 31.9 Å². The Hall–Kier alpha value is -1.16. The minimum Gasteiger partial charge on any atom is -0.383 e. The lowest BCUT2D eigenvalue weighted by molar-refractivity contribution is 0.565. The molecule has 70 valence electrons. The molecule has 13 heavy (non-hydrogen) atoms. The number of H-pyrrole nitrogens is 1. The van der Waals surface area contributed by atoms with Gasteiger partial charge in [0.15, 0.2) is 0 Å². The van der Waals surface area contributed by atoms with E-state index in [-0.39, 0.29) is 0 Å². The number of hydrogen-bond acceptors (Lipinski definition) is 3. The molecule has 1 aromatic rings. The maximum atomic E-state index is 4.96. The van der Waals surface area contributed by atoms with Crippen LogP contribution in [-0.4, -0.2) is 29.0 Å². The average Bonchev–Trinajstić information content (AvgIpc) is 2.03. The molecule has 0 aliphatic heterocycles. The summed E-state index contributed by atoms with van der Waals surface area (Å²) in [7, 11) is 3.97. The largest absolute Gasteiger partial charge is 0.383 e. The standard InChI is InChI=1S/C9H13N3S/c1-7(5-12(2)3)8-4-9(13)11-6-10-8/h4-6H,1-3H3,(H,10,11,13)/b7-5-. The molecule has 0 atom stereocenters. The van der Waals surface area contributed by atoms with E-state index >= 15 is 0 Å². The van der Waals surface area contributed by atoms with E-state index in [1.54, 1.807) is 6.33 Å². The van der Waals surface area contributed by atoms with Crippen LogP contribution < -0.4 is 0 Å². The normalized spacial score (nSPS) is 11.5. The number of nitrogens with one attached hydrogen (secondary N) is 1. The molecule has 1 aromatic heterocycles. The first kappa shape index (κ1) is 9.92. The van der Waals surface area contributed by atoms with Crippen molar-refractivity contribution in [2.24, 2.45) is 0 Å². The summed E-state index contributed by atoms with van der Waals surface area (Å²) >= 11 is 4.96. The maximum Gasteiger partial charge on any atom is 0.129 e. The van der Waals surface area contributed by atoms with Crippen molar-refractivity contribution >= 4 is 17.8 Å². The summed E-state index contributed by atoms with van der Waals surface area (Å²) in [6.45, 7) is 2.03. The third-order valence-corrected chi connectivity index (χ3v) is 1.78. The minimum atomic E-state index is 0.611. The number of allylic oxidation sites excluding steroid dienone is 1. The van der Waals surface area contributed by atoms with E-state index in [2.05, 4.69) is 9.97 Å². The molecule has 0 amide bonds. The van der Waals surface area contributed by atoms with E-state index in [1.165, 1.54) is 0 Å². The fourth-order valence-corrected chi connectivity index (χ4v) is 1.22. The molecule has 0 bridgehead atoms. The Morgan fingerprint density at radius 2 is 2.31 bits per heavy atom. The zero-order chi connectivity index (χ0) is 9.84. The van der Waals surface area contributed by atoms with E-state index in [4.69, 9.17) is 12.2 Å². The van der Waals surface area contributed by atoms with Crippen LogP contribution in [0.1, 0.15) is 12.6 Å². The number of rotatable bonds is 2. The highest BCUT2D eigenvalue weighted by Crippen LogP contribution is 2.09. The zero-order valence-corrected chi connectivity index (χ0v) is 8.85. The first-order valence-corrected chi connectivity index (χ1v) is 4.40. The molecule has 1 N–H and O–H groups in total. The average molecular weight is 195 g/mol. The number of aromatic amines is 1. The van der Waals surface area contributed by atoms with E-state index in [0.717, 1.165) is 11.3 Å².